The van der Waals surface area contributed by atoms with Crippen molar-refractivity contribution in [3.05, 3.63) is 59.4 Å². The van der Waals surface area contributed by atoms with E-state index in [9.17, 15) is 10.1 Å². The molecule has 0 aliphatic carbocycles. The molecule has 0 saturated heterocycles. The number of nitriles is 1. The second-order valence-corrected chi connectivity index (χ2v) is 4.82. The molecule has 0 aliphatic heterocycles. The van der Waals surface area contributed by atoms with Crippen molar-refractivity contribution in [3.8, 4) is 17.6 Å². The van der Waals surface area contributed by atoms with Gasteiger partial charge in [-0.3, -0.25) is 9.78 Å². The first-order valence-corrected chi connectivity index (χ1v) is 7.19. The van der Waals surface area contributed by atoms with Gasteiger partial charge in [0.25, 0.3) is 5.91 Å². The van der Waals surface area contributed by atoms with E-state index in [0.29, 0.717) is 23.6 Å². The molecule has 0 fully saturated rings. The first kappa shape index (κ1) is 17.0. The number of aromatic nitrogens is 1. The first-order chi connectivity index (χ1) is 11.7. The van der Waals surface area contributed by atoms with Crippen LogP contribution in [0.25, 0.3) is 6.08 Å². The van der Waals surface area contributed by atoms with Crippen molar-refractivity contribution in [2.75, 3.05) is 14.2 Å². The number of carbonyl (C=O) groups excluding carboxylic acids is 1. The van der Waals surface area contributed by atoms with E-state index in [2.05, 4.69) is 10.3 Å². The van der Waals surface area contributed by atoms with Crippen molar-refractivity contribution >= 4 is 12.0 Å². The fourth-order valence-electron chi connectivity index (χ4n) is 2.04. The largest absolute Gasteiger partial charge is 0.493 e. The van der Waals surface area contributed by atoms with Gasteiger partial charge >= 0.3 is 0 Å². The predicted octanol–water partition coefficient (Wildman–Crippen LogP) is 2.32. The summed E-state index contributed by atoms with van der Waals surface area (Å²) in [5.41, 5.74) is 1.58. The van der Waals surface area contributed by atoms with E-state index < -0.39 is 5.91 Å². The van der Waals surface area contributed by atoms with Crippen molar-refractivity contribution in [1.29, 1.82) is 5.26 Å². The Bertz CT molecular complexity index is 780. The Morgan fingerprint density at radius 2 is 1.92 bits per heavy atom. The van der Waals surface area contributed by atoms with Crippen LogP contribution in [0.15, 0.2) is 48.3 Å². The van der Waals surface area contributed by atoms with Gasteiger partial charge in [-0.25, -0.2) is 0 Å². The van der Waals surface area contributed by atoms with E-state index in [1.807, 2.05) is 6.07 Å². The van der Waals surface area contributed by atoms with Crippen LogP contribution in [0.5, 0.6) is 11.5 Å². The molecule has 6 nitrogen and oxygen atoms in total. The minimum absolute atomic E-state index is 0.0104. The zero-order valence-electron chi connectivity index (χ0n) is 13.4. The van der Waals surface area contributed by atoms with Gasteiger partial charge in [-0.05, 0) is 41.5 Å². The van der Waals surface area contributed by atoms with Crippen LogP contribution in [-0.4, -0.2) is 25.1 Å². The first-order valence-electron chi connectivity index (χ1n) is 7.19. The van der Waals surface area contributed by atoms with Gasteiger partial charge in [0.1, 0.15) is 11.6 Å². The molecule has 0 aliphatic rings. The zero-order valence-corrected chi connectivity index (χ0v) is 13.4. The number of nitrogens with zero attached hydrogens (tertiary/aromatic N) is 2. The highest BCUT2D eigenvalue weighted by atomic mass is 16.5. The molecule has 1 amide bonds. The third-order valence-electron chi connectivity index (χ3n) is 3.29. The van der Waals surface area contributed by atoms with E-state index in [0.717, 1.165) is 5.56 Å². The van der Waals surface area contributed by atoms with E-state index in [4.69, 9.17) is 9.47 Å². The van der Waals surface area contributed by atoms with Gasteiger partial charge in [-0.1, -0.05) is 6.07 Å². The minimum atomic E-state index is -0.441. The number of benzene rings is 1. The van der Waals surface area contributed by atoms with Gasteiger partial charge in [0.05, 0.1) is 14.2 Å². The number of ether oxygens (including phenoxy) is 2. The molecule has 0 saturated carbocycles. The molecule has 0 bridgehead atoms. The number of nitrogens with one attached hydrogen (secondary N) is 1. The molecule has 1 N–H and O–H groups in total. The summed E-state index contributed by atoms with van der Waals surface area (Å²) in [6.45, 7) is 0.326. The summed E-state index contributed by atoms with van der Waals surface area (Å²) in [5.74, 6) is 0.667. The van der Waals surface area contributed by atoms with E-state index in [1.165, 1.54) is 13.2 Å². The van der Waals surface area contributed by atoms with Crippen LogP contribution in [0, 0.1) is 11.3 Å². The van der Waals surface area contributed by atoms with Crippen LogP contribution in [0.1, 0.15) is 11.1 Å². The fraction of sp³-hybridized carbons (Fsp3) is 0.167. The van der Waals surface area contributed by atoms with Gasteiger partial charge in [-0.15, -0.1) is 0 Å². The highest BCUT2D eigenvalue weighted by molar-refractivity contribution is 6.01. The summed E-state index contributed by atoms with van der Waals surface area (Å²) in [6.07, 6.45) is 4.79. The van der Waals surface area contributed by atoms with Gasteiger partial charge in [0, 0.05) is 18.9 Å². The maximum Gasteiger partial charge on any atom is 0.262 e. The maximum absolute atomic E-state index is 12.2. The molecule has 0 spiro atoms. The Hall–Kier alpha value is -3.33. The number of pyridine rings is 1. The van der Waals surface area contributed by atoms with E-state index >= 15 is 0 Å². The third kappa shape index (κ3) is 4.34. The number of carbonyl (C=O) groups is 1. The van der Waals surface area contributed by atoms with Crippen LogP contribution >= 0.6 is 0 Å². The summed E-state index contributed by atoms with van der Waals surface area (Å²) in [6, 6.07) is 10.7. The van der Waals surface area contributed by atoms with Gasteiger partial charge in [0.15, 0.2) is 11.5 Å². The van der Waals surface area contributed by atoms with Gasteiger partial charge in [0.2, 0.25) is 0 Å². The monoisotopic (exact) mass is 323 g/mol. The molecular weight excluding hydrogens is 306 g/mol. The minimum Gasteiger partial charge on any atom is -0.493 e. The average molecular weight is 323 g/mol. The van der Waals surface area contributed by atoms with Crippen LogP contribution in [0.4, 0.5) is 0 Å². The quantitative estimate of drug-likeness (QED) is 0.651. The molecule has 2 aromatic rings. The Balaban J connectivity index is 2.13. The molecule has 2 rings (SSSR count). The highest BCUT2D eigenvalue weighted by Gasteiger charge is 2.10. The van der Waals surface area contributed by atoms with Crippen LogP contribution in [0.2, 0.25) is 0 Å². The zero-order chi connectivity index (χ0) is 17.4. The average Bonchev–Trinajstić information content (AvgIpc) is 2.64. The standard InChI is InChI=1S/C18H17N3O3/c1-23-16-4-3-14(10-17(16)24-2)9-15(11-19)18(22)21-12-13-5-7-20-8-6-13/h3-10H,12H2,1-2H3,(H,21,22)/b15-9+. The van der Waals surface area contributed by atoms with Crippen molar-refractivity contribution in [2.45, 2.75) is 6.54 Å². The normalized spacial score (nSPS) is 10.6. The SMILES string of the molecule is COc1ccc(/C=C(\C#N)C(=O)NCc2ccncc2)cc1OC. The molecule has 6 heteroatoms. The maximum atomic E-state index is 12.2. The number of hydrogen-bond donors (Lipinski definition) is 1. The number of amides is 1. The molecule has 122 valence electrons. The molecule has 1 heterocycles. The second-order valence-electron chi connectivity index (χ2n) is 4.82. The fourth-order valence-corrected chi connectivity index (χ4v) is 2.04. The van der Waals surface area contributed by atoms with Crippen molar-refractivity contribution in [2.24, 2.45) is 0 Å². The third-order valence-corrected chi connectivity index (χ3v) is 3.29. The topological polar surface area (TPSA) is 84.2 Å². The molecule has 0 unspecified atom stereocenters. The smallest absolute Gasteiger partial charge is 0.262 e. The predicted molar refractivity (Wildman–Crippen MR) is 89.2 cm³/mol. The van der Waals surface area contributed by atoms with Crippen molar-refractivity contribution < 1.29 is 14.3 Å². The second kappa shape index (κ2) is 8.34. The van der Waals surface area contributed by atoms with Crippen LogP contribution in [0.3, 0.4) is 0 Å². The van der Waals surface area contributed by atoms with Crippen molar-refractivity contribution in [1.82, 2.24) is 10.3 Å². The van der Waals surface area contributed by atoms with Gasteiger partial charge in [-0.2, -0.15) is 5.26 Å². The lowest BCUT2D eigenvalue weighted by molar-refractivity contribution is -0.117. The lowest BCUT2D eigenvalue weighted by atomic mass is 10.1. The molecule has 24 heavy (non-hydrogen) atoms. The summed E-state index contributed by atoms with van der Waals surface area (Å²) in [5, 5.41) is 11.9. The van der Waals surface area contributed by atoms with Crippen LogP contribution < -0.4 is 14.8 Å². The van der Waals surface area contributed by atoms with E-state index in [1.54, 1.807) is 49.8 Å². The molecular formula is C18H17N3O3. The summed E-state index contributed by atoms with van der Waals surface area (Å²) in [4.78, 5) is 16.1. The Morgan fingerprint density at radius 3 is 2.54 bits per heavy atom. The lowest BCUT2D eigenvalue weighted by Gasteiger charge is -2.08. The molecule has 1 aromatic carbocycles. The number of rotatable bonds is 6. The summed E-state index contributed by atoms with van der Waals surface area (Å²) < 4.78 is 10.4. The lowest BCUT2D eigenvalue weighted by Crippen LogP contribution is -2.23. The van der Waals surface area contributed by atoms with E-state index in [-0.39, 0.29) is 5.57 Å². The number of methoxy groups -OCH3 is 2. The Labute approximate surface area is 140 Å². The van der Waals surface area contributed by atoms with Crippen LogP contribution in [-0.2, 0) is 11.3 Å². The summed E-state index contributed by atoms with van der Waals surface area (Å²) >= 11 is 0. The molecule has 0 atom stereocenters. The summed E-state index contributed by atoms with van der Waals surface area (Å²) in [7, 11) is 3.07. The number of hydrogen-bond acceptors (Lipinski definition) is 5. The Kier molecular flexibility index (Phi) is 5.92. The Morgan fingerprint density at radius 1 is 1.21 bits per heavy atom. The van der Waals surface area contributed by atoms with Gasteiger partial charge < -0.3 is 14.8 Å². The van der Waals surface area contributed by atoms with Crippen molar-refractivity contribution in [3.63, 3.8) is 0 Å². The molecule has 0 radical (unpaired) electrons. The highest BCUT2D eigenvalue weighted by Crippen LogP contribution is 2.28. The molecule has 1 aromatic heterocycles.